The first-order chi connectivity index (χ1) is 12.7. The van der Waals surface area contributed by atoms with Crippen LogP contribution < -0.4 is 5.43 Å². The number of benzene rings is 3. The Labute approximate surface area is 147 Å². The van der Waals surface area contributed by atoms with Crippen LogP contribution in [0.3, 0.4) is 0 Å². The van der Waals surface area contributed by atoms with E-state index in [0.29, 0.717) is 44.1 Å². The average Bonchev–Trinajstić information content (AvgIpc) is 2.68. The van der Waals surface area contributed by atoms with Gasteiger partial charge in [0.15, 0.2) is 0 Å². The number of halogens is 1. The molecule has 0 saturated carbocycles. The number of fused-ring (bicyclic) bond motifs is 3. The summed E-state index contributed by atoms with van der Waals surface area (Å²) in [4.78, 5) is 17.4. The lowest BCUT2D eigenvalue weighted by Gasteiger charge is -2.08. The molecule has 0 spiro atoms. The minimum atomic E-state index is -0.308. The highest BCUT2D eigenvalue weighted by atomic mass is 19.1. The number of hydrogen-bond donors (Lipinski definition) is 0. The van der Waals surface area contributed by atoms with Crippen molar-refractivity contribution in [2.45, 2.75) is 0 Å². The number of aromatic nitrogens is 1. The number of hydrogen-bond acceptors (Lipinski definition) is 3. The zero-order valence-corrected chi connectivity index (χ0v) is 13.6. The Morgan fingerprint density at radius 1 is 0.769 bits per heavy atom. The predicted molar refractivity (Wildman–Crippen MR) is 101 cm³/mol. The molecule has 0 saturated heterocycles. The molecule has 0 N–H and O–H groups in total. The van der Waals surface area contributed by atoms with Crippen molar-refractivity contribution in [1.82, 2.24) is 4.98 Å². The molecule has 3 aromatic carbocycles. The van der Waals surface area contributed by atoms with Gasteiger partial charge in [-0.1, -0.05) is 24.3 Å². The van der Waals surface area contributed by atoms with Gasteiger partial charge in [-0.3, -0.25) is 4.79 Å². The van der Waals surface area contributed by atoms with E-state index in [1.54, 1.807) is 48.5 Å². The standard InChI is InChI=1S/C22H12FNO2/c23-17-8-4-9-18-13(17)11-12-19(24-18)14-6-3-7-16-21(25)15-5-1-2-10-20(15)26-22(14)16/h1-12H. The number of pyridine rings is 1. The summed E-state index contributed by atoms with van der Waals surface area (Å²) in [5.74, 6) is -0.308. The smallest absolute Gasteiger partial charge is 0.200 e. The van der Waals surface area contributed by atoms with Crippen LogP contribution in [0.5, 0.6) is 0 Å². The van der Waals surface area contributed by atoms with E-state index >= 15 is 0 Å². The highest BCUT2D eigenvalue weighted by Gasteiger charge is 2.13. The van der Waals surface area contributed by atoms with Crippen LogP contribution in [0, 0.1) is 5.82 Å². The third kappa shape index (κ3) is 2.12. The van der Waals surface area contributed by atoms with Crippen molar-refractivity contribution in [3.05, 3.63) is 88.8 Å². The molecule has 2 heterocycles. The van der Waals surface area contributed by atoms with Gasteiger partial charge in [-0.15, -0.1) is 0 Å². The molecule has 0 bridgehead atoms. The minimum Gasteiger partial charge on any atom is -0.455 e. The average molecular weight is 341 g/mol. The summed E-state index contributed by atoms with van der Waals surface area (Å²) in [6.45, 7) is 0. The van der Waals surface area contributed by atoms with Crippen LogP contribution in [0.15, 0.2) is 82.0 Å². The Hall–Kier alpha value is -3.53. The van der Waals surface area contributed by atoms with Gasteiger partial charge in [0.1, 0.15) is 17.0 Å². The summed E-state index contributed by atoms with van der Waals surface area (Å²) < 4.78 is 19.9. The molecular formula is C22H12FNO2. The van der Waals surface area contributed by atoms with Crippen LogP contribution in [0.25, 0.3) is 44.1 Å². The van der Waals surface area contributed by atoms with Gasteiger partial charge in [0.2, 0.25) is 5.43 Å². The fourth-order valence-electron chi connectivity index (χ4n) is 3.29. The maximum absolute atomic E-state index is 13.9. The van der Waals surface area contributed by atoms with E-state index in [1.807, 2.05) is 18.2 Å². The van der Waals surface area contributed by atoms with E-state index in [9.17, 15) is 9.18 Å². The highest BCUT2D eigenvalue weighted by molar-refractivity contribution is 5.97. The normalized spacial score (nSPS) is 11.4. The summed E-state index contributed by atoms with van der Waals surface area (Å²) in [6, 6.07) is 20.8. The molecule has 3 nitrogen and oxygen atoms in total. The SMILES string of the molecule is O=c1c2ccccc2oc2c(-c3ccc4c(F)cccc4n3)cccc12. The van der Waals surface area contributed by atoms with Gasteiger partial charge in [-0.05, 0) is 48.5 Å². The first-order valence-electron chi connectivity index (χ1n) is 8.22. The lowest BCUT2D eigenvalue weighted by atomic mass is 10.0. The number of rotatable bonds is 1. The molecule has 5 rings (SSSR count). The Balaban J connectivity index is 1.86. The Bertz CT molecular complexity index is 1370. The van der Waals surface area contributed by atoms with E-state index in [1.165, 1.54) is 6.07 Å². The van der Waals surface area contributed by atoms with Crippen LogP contribution in [0.2, 0.25) is 0 Å². The summed E-state index contributed by atoms with van der Waals surface area (Å²) in [7, 11) is 0. The van der Waals surface area contributed by atoms with Gasteiger partial charge < -0.3 is 4.42 Å². The van der Waals surface area contributed by atoms with Crippen molar-refractivity contribution in [3.8, 4) is 11.3 Å². The van der Waals surface area contributed by atoms with Gasteiger partial charge in [0, 0.05) is 10.9 Å². The van der Waals surface area contributed by atoms with Crippen LogP contribution in [0.4, 0.5) is 4.39 Å². The monoisotopic (exact) mass is 341 g/mol. The highest BCUT2D eigenvalue weighted by Crippen LogP contribution is 2.30. The molecule has 0 aliphatic heterocycles. The molecule has 2 aromatic heterocycles. The first-order valence-corrected chi connectivity index (χ1v) is 8.22. The third-order valence-corrected chi connectivity index (χ3v) is 4.56. The summed E-state index contributed by atoms with van der Waals surface area (Å²) in [5.41, 5.74) is 2.84. The van der Waals surface area contributed by atoms with Crippen LogP contribution >= 0.6 is 0 Å². The lowest BCUT2D eigenvalue weighted by molar-refractivity contribution is 0.639. The van der Waals surface area contributed by atoms with Crippen LogP contribution in [0.1, 0.15) is 0 Å². The van der Waals surface area contributed by atoms with E-state index in [-0.39, 0.29) is 11.2 Å². The third-order valence-electron chi connectivity index (χ3n) is 4.56. The largest absolute Gasteiger partial charge is 0.455 e. The Morgan fingerprint density at radius 2 is 1.58 bits per heavy atom. The van der Waals surface area contributed by atoms with Gasteiger partial charge in [0.25, 0.3) is 0 Å². The first kappa shape index (κ1) is 14.8. The van der Waals surface area contributed by atoms with Gasteiger partial charge >= 0.3 is 0 Å². The van der Waals surface area contributed by atoms with Crippen molar-refractivity contribution < 1.29 is 8.81 Å². The molecule has 0 unspecified atom stereocenters. The Kier molecular flexibility index (Phi) is 3.12. The molecule has 5 aromatic rings. The molecular weight excluding hydrogens is 329 g/mol. The molecule has 0 fully saturated rings. The second-order valence-corrected chi connectivity index (χ2v) is 6.11. The molecule has 4 heteroatoms. The van der Waals surface area contributed by atoms with E-state index < -0.39 is 0 Å². The number of nitrogens with zero attached hydrogens (tertiary/aromatic N) is 1. The van der Waals surface area contributed by atoms with Gasteiger partial charge in [-0.25, -0.2) is 9.37 Å². The van der Waals surface area contributed by atoms with Gasteiger partial charge in [-0.2, -0.15) is 0 Å². The van der Waals surface area contributed by atoms with Crippen molar-refractivity contribution in [2.75, 3.05) is 0 Å². The fourth-order valence-corrected chi connectivity index (χ4v) is 3.29. The van der Waals surface area contributed by atoms with Crippen molar-refractivity contribution in [1.29, 1.82) is 0 Å². The predicted octanol–water partition coefficient (Wildman–Crippen LogP) is 5.30. The maximum atomic E-state index is 13.9. The van der Waals surface area contributed by atoms with Crippen molar-refractivity contribution in [3.63, 3.8) is 0 Å². The molecule has 0 radical (unpaired) electrons. The quantitative estimate of drug-likeness (QED) is 0.389. The fraction of sp³-hybridized carbons (Fsp3) is 0. The molecule has 26 heavy (non-hydrogen) atoms. The second-order valence-electron chi connectivity index (χ2n) is 6.11. The molecule has 0 amide bonds. The zero-order chi connectivity index (χ0) is 17.7. The van der Waals surface area contributed by atoms with Crippen LogP contribution in [-0.4, -0.2) is 4.98 Å². The van der Waals surface area contributed by atoms with E-state index in [0.717, 1.165) is 0 Å². The topological polar surface area (TPSA) is 43.1 Å². The molecule has 124 valence electrons. The second kappa shape index (κ2) is 5.49. The molecule has 0 aliphatic rings. The van der Waals surface area contributed by atoms with Crippen molar-refractivity contribution in [2.24, 2.45) is 0 Å². The summed E-state index contributed by atoms with van der Waals surface area (Å²) in [5, 5.41) is 1.51. The minimum absolute atomic E-state index is 0.0736. The lowest BCUT2D eigenvalue weighted by Crippen LogP contribution is -2.02. The van der Waals surface area contributed by atoms with Gasteiger partial charge in [0.05, 0.1) is 22.0 Å². The summed E-state index contributed by atoms with van der Waals surface area (Å²) >= 11 is 0. The molecule has 0 atom stereocenters. The Morgan fingerprint density at radius 3 is 2.50 bits per heavy atom. The molecule has 0 aliphatic carbocycles. The maximum Gasteiger partial charge on any atom is 0.200 e. The number of para-hydroxylation sites is 2. The van der Waals surface area contributed by atoms with E-state index in [2.05, 4.69) is 4.98 Å². The van der Waals surface area contributed by atoms with Crippen LogP contribution in [-0.2, 0) is 0 Å². The van der Waals surface area contributed by atoms with E-state index in [4.69, 9.17) is 4.42 Å². The van der Waals surface area contributed by atoms with Crippen molar-refractivity contribution >= 4 is 32.8 Å². The summed E-state index contributed by atoms with van der Waals surface area (Å²) in [6.07, 6.45) is 0. The zero-order valence-electron chi connectivity index (χ0n) is 13.6.